The maximum Gasteiger partial charge on any atom is 0.337 e. The Balaban J connectivity index is 1.69. The molecule has 1 amide bonds. The molecular weight excluding hydrogens is 344 g/mol. The highest BCUT2D eigenvalue weighted by Gasteiger charge is 2.10. The Morgan fingerprint density at radius 3 is 2.41 bits per heavy atom. The maximum atomic E-state index is 12.3. The largest absolute Gasteiger partial charge is 0.465 e. The predicted octanol–water partition coefficient (Wildman–Crippen LogP) is 3.57. The molecule has 7 nitrogen and oxygen atoms in total. The number of hydrogen-bond acceptors (Lipinski definition) is 6. The molecule has 7 heteroatoms. The van der Waals surface area contributed by atoms with Gasteiger partial charge in [-0.3, -0.25) is 4.79 Å². The Labute approximate surface area is 156 Å². The molecule has 0 bridgehead atoms. The second-order valence-electron chi connectivity index (χ2n) is 5.76. The van der Waals surface area contributed by atoms with Crippen LogP contribution in [0.4, 0.5) is 17.3 Å². The number of para-hydroxylation sites is 1. The number of ether oxygens (including phenoxy) is 1. The fourth-order valence-electron chi connectivity index (χ4n) is 2.39. The second-order valence-corrected chi connectivity index (χ2v) is 5.76. The topological polar surface area (TPSA) is 93.2 Å². The summed E-state index contributed by atoms with van der Waals surface area (Å²) in [7, 11) is 1.33. The van der Waals surface area contributed by atoms with E-state index in [-0.39, 0.29) is 5.91 Å². The van der Waals surface area contributed by atoms with Crippen LogP contribution in [0, 0.1) is 6.92 Å². The minimum Gasteiger partial charge on any atom is -0.465 e. The molecule has 2 N–H and O–H groups in total. The molecule has 0 saturated carbocycles. The average molecular weight is 362 g/mol. The van der Waals surface area contributed by atoms with E-state index < -0.39 is 5.97 Å². The Bertz CT molecular complexity index is 971. The van der Waals surface area contributed by atoms with Crippen molar-refractivity contribution in [2.24, 2.45) is 0 Å². The summed E-state index contributed by atoms with van der Waals surface area (Å²) in [5.41, 5.74) is 3.10. The van der Waals surface area contributed by atoms with Crippen molar-refractivity contribution in [3.8, 4) is 0 Å². The highest BCUT2D eigenvalue weighted by Crippen LogP contribution is 2.17. The molecule has 0 aliphatic rings. The first-order chi connectivity index (χ1) is 13.1. The number of nitrogens with zero attached hydrogens (tertiary/aromatic N) is 2. The van der Waals surface area contributed by atoms with E-state index in [1.54, 1.807) is 24.3 Å². The van der Waals surface area contributed by atoms with Crippen LogP contribution in [0.15, 0.2) is 60.9 Å². The lowest BCUT2D eigenvalue weighted by molar-refractivity contribution is 0.0600. The fourth-order valence-corrected chi connectivity index (χ4v) is 2.39. The van der Waals surface area contributed by atoms with Gasteiger partial charge in [0.25, 0.3) is 5.91 Å². The van der Waals surface area contributed by atoms with E-state index in [0.29, 0.717) is 22.8 Å². The van der Waals surface area contributed by atoms with Gasteiger partial charge in [-0.2, -0.15) is 0 Å². The van der Waals surface area contributed by atoms with Crippen LogP contribution < -0.4 is 10.6 Å². The number of rotatable bonds is 5. The van der Waals surface area contributed by atoms with Gasteiger partial charge in [0.2, 0.25) is 5.95 Å². The van der Waals surface area contributed by atoms with Crippen molar-refractivity contribution in [3.63, 3.8) is 0 Å². The predicted molar refractivity (Wildman–Crippen MR) is 102 cm³/mol. The van der Waals surface area contributed by atoms with Crippen LogP contribution in [0.2, 0.25) is 0 Å². The van der Waals surface area contributed by atoms with Crippen molar-refractivity contribution in [1.82, 2.24) is 9.97 Å². The number of aromatic nitrogens is 2. The number of carbonyl (C=O) groups is 2. The van der Waals surface area contributed by atoms with Crippen LogP contribution in [0.3, 0.4) is 0 Å². The van der Waals surface area contributed by atoms with Gasteiger partial charge in [0.15, 0.2) is 0 Å². The van der Waals surface area contributed by atoms with Crippen LogP contribution in [-0.4, -0.2) is 29.0 Å². The third-order valence-electron chi connectivity index (χ3n) is 3.85. The lowest BCUT2D eigenvalue weighted by Gasteiger charge is -2.09. The molecule has 0 atom stereocenters. The van der Waals surface area contributed by atoms with E-state index in [4.69, 9.17) is 4.74 Å². The molecule has 0 fully saturated rings. The number of amides is 1. The van der Waals surface area contributed by atoms with Crippen LogP contribution in [0.25, 0.3) is 0 Å². The van der Waals surface area contributed by atoms with E-state index in [9.17, 15) is 9.59 Å². The smallest absolute Gasteiger partial charge is 0.337 e. The van der Waals surface area contributed by atoms with Gasteiger partial charge in [0.05, 0.1) is 18.2 Å². The summed E-state index contributed by atoms with van der Waals surface area (Å²) in [4.78, 5) is 32.2. The average Bonchev–Trinajstić information content (AvgIpc) is 2.70. The highest BCUT2D eigenvalue weighted by atomic mass is 16.5. The molecule has 27 heavy (non-hydrogen) atoms. The summed E-state index contributed by atoms with van der Waals surface area (Å²) in [6, 6.07) is 14.3. The van der Waals surface area contributed by atoms with Crippen molar-refractivity contribution in [3.05, 3.63) is 77.6 Å². The highest BCUT2D eigenvalue weighted by molar-refractivity contribution is 6.04. The third kappa shape index (κ3) is 4.46. The van der Waals surface area contributed by atoms with E-state index in [0.717, 1.165) is 11.3 Å². The molecule has 3 aromatic rings. The van der Waals surface area contributed by atoms with Gasteiger partial charge in [-0.1, -0.05) is 24.3 Å². The number of esters is 1. The van der Waals surface area contributed by atoms with Crippen molar-refractivity contribution < 1.29 is 14.3 Å². The van der Waals surface area contributed by atoms with Crippen LogP contribution in [0.5, 0.6) is 0 Å². The Kier molecular flexibility index (Phi) is 5.41. The molecule has 0 aliphatic heterocycles. The Hall–Kier alpha value is -3.74. The molecule has 0 unspecified atom stereocenters. The van der Waals surface area contributed by atoms with Crippen LogP contribution in [0.1, 0.15) is 26.3 Å². The quantitative estimate of drug-likeness (QED) is 0.674. The molecular formula is C20H18N4O3. The maximum absolute atomic E-state index is 12.3. The van der Waals surface area contributed by atoms with E-state index in [2.05, 4.69) is 20.6 Å². The lowest BCUT2D eigenvalue weighted by Crippen LogP contribution is -2.13. The SMILES string of the molecule is COC(=O)c1cccc(Nc2ncc(C(=O)Nc3ccccc3C)cn2)c1. The second kappa shape index (κ2) is 8.09. The van der Waals surface area contributed by atoms with Crippen molar-refractivity contribution in [2.75, 3.05) is 17.7 Å². The number of carbonyl (C=O) groups excluding carboxylic acids is 2. The Morgan fingerprint density at radius 1 is 0.963 bits per heavy atom. The molecule has 1 heterocycles. The van der Waals surface area contributed by atoms with Crippen molar-refractivity contribution in [1.29, 1.82) is 0 Å². The van der Waals surface area contributed by atoms with E-state index in [1.807, 2.05) is 31.2 Å². The number of anilines is 3. The third-order valence-corrected chi connectivity index (χ3v) is 3.85. The number of aryl methyl sites for hydroxylation is 1. The van der Waals surface area contributed by atoms with Gasteiger partial charge in [-0.05, 0) is 36.8 Å². The number of nitrogens with one attached hydrogen (secondary N) is 2. The van der Waals surface area contributed by atoms with Crippen LogP contribution >= 0.6 is 0 Å². The summed E-state index contributed by atoms with van der Waals surface area (Å²) >= 11 is 0. The van der Waals surface area contributed by atoms with Crippen LogP contribution in [-0.2, 0) is 4.74 Å². The minimum absolute atomic E-state index is 0.288. The fraction of sp³-hybridized carbons (Fsp3) is 0.100. The monoisotopic (exact) mass is 362 g/mol. The summed E-state index contributed by atoms with van der Waals surface area (Å²) in [5.74, 6) is -0.407. The zero-order valence-electron chi connectivity index (χ0n) is 14.9. The normalized spacial score (nSPS) is 10.1. The number of methoxy groups -OCH3 is 1. The summed E-state index contributed by atoms with van der Waals surface area (Å²) < 4.78 is 4.70. The van der Waals surface area contributed by atoms with E-state index >= 15 is 0 Å². The zero-order chi connectivity index (χ0) is 19.2. The molecule has 136 valence electrons. The molecule has 0 aliphatic carbocycles. The first kappa shape index (κ1) is 18.1. The van der Waals surface area contributed by atoms with Gasteiger partial charge in [0.1, 0.15) is 0 Å². The van der Waals surface area contributed by atoms with Gasteiger partial charge < -0.3 is 15.4 Å². The van der Waals surface area contributed by atoms with Gasteiger partial charge in [0, 0.05) is 23.8 Å². The minimum atomic E-state index is -0.428. The summed E-state index contributed by atoms with van der Waals surface area (Å²) in [5, 5.41) is 5.82. The molecule has 0 saturated heterocycles. The summed E-state index contributed by atoms with van der Waals surface area (Å²) in [6.07, 6.45) is 2.88. The zero-order valence-corrected chi connectivity index (χ0v) is 14.9. The molecule has 0 spiro atoms. The van der Waals surface area contributed by atoms with Crippen molar-refractivity contribution >= 4 is 29.2 Å². The van der Waals surface area contributed by atoms with Gasteiger partial charge in [-0.15, -0.1) is 0 Å². The van der Waals surface area contributed by atoms with Gasteiger partial charge >= 0.3 is 5.97 Å². The first-order valence-electron chi connectivity index (χ1n) is 8.21. The number of benzene rings is 2. The number of hydrogen-bond donors (Lipinski definition) is 2. The van der Waals surface area contributed by atoms with E-state index in [1.165, 1.54) is 19.5 Å². The van der Waals surface area contributed by atoms with Crippen molar-refractivity contribution in [2.45, 2.75) is 6.92 Å². The summed E-state index contributed by atoms with van der Waals surface area (Å²) in [6.45, 7) is 1.92. The first-order valence-corrected chi connectivity index (χ1v) is 8.21. The Morgan fingerprint density at radius 2 is 1.70 bits per heavy atom. The van der Waals surface area contributed by atoms with Gasteiger partial charge in [-0.25, -0.2) is 14.8 Å². The molecule has 0 radical (unpaired) electrons. The standard InChI is InChI=1S/C20H18N4O3/c1-13-6-3-4-9-17(13)24-18(25)15-11-21-20(22-12-15)23-16-8-5-7-14(10-16)19(26)27-2/h3-12H,1-2H3,(H,24,25)(H,21,22,23). The molecule has 3 rings (SSSR count). The molecule has 2 aromatic carbocycles. The molecule has 1 aromatic heterocycles. The lowest BCUT2D eigenvalue weighted by atomic mass is 10.2.